The Morgan fingerprint density at radius 1 is 1.43 bits per heavy atom. The summed E-state index contributed by atoms with van der Waals surface area (Å²) in [5, 5.41) is 11.0. The van der Waals surface area contributed by atoms with Crippen molar-refractivity contribution in [3.05, 3.63) is 24.0 Å². The van der Waals surface area contributed by atoms with Gasteiger partial charge in [0.2, 0.25) is 0 Å². The third-order valence-corrected chi connectivity index (χ3v) is 7.00. The molecule has 128 valence electrons. The molecule has 0 spiro atoms. The van der Waals surface area contributed by atoms with Crippen LogP contribution in [-0.2, 0) is 9.53 Å². The number of allylic oxidation sites excluding steroid dienone is 3. The first-order valence-electron chi connectivity index (χ1n) is 9.05. The molecule has 1 heterocycles. The Bertz CT molecular complexity index is 551. The SMILES string of the molecule is CCC(C)C1C=CC23OC(=CC=O)C1(C)C2C(C)CC(C)C3O. The zero-order chi connectivity index (χ0) is 17.0. The van der Waals surface area contributed by atoms with Crippen molar-refractivity contribution in [2.24, 2.45) is 35.0 Å². The van der Waals surface area contributed by atoms with E-state index in [-0.39, 0.29) is 17.3 Å². The molecule has 1 saturated heterocycles. The van der Waals surface area contributed by atoms with Crippen molar-refractivity contribution in [2.75, 3.05) is 0 Å². The van der Waals surface area contributed by atoms with Gasteiger partial charge in [-0.1, -0.05) is 47.1 Å². The molecule has 3 aliphatic rings. The van der Waals surface area contributed by atoms with Gasteiger partial charge in [0, 0.05) is 17.4 Å². The summed E-state index contributed by atoms with van der Waals surface area (Å²) in [5.41, 5.74) is -0.879. The van der Waals surface area contributed by atoms with Gasteiger partial charge in [0.1, 0.15) is 18.1 Å². The first kappa shape index (κ1) is 16.8. The Morgan fingerprint density at radius 3 is 2.74 bits per heavy atom. The van der Waals surface area contributed by atoms with E-state index >= 15 is 0 Å². The largest absolute Gasteiger partial charge is 0.484 e. The molecule has 0 amide bonds. The van der Waals surface area contributed by atoms with E-state index in [9.17, 15) is 9.90 Å². The van der Waals surface area contributed by atoms with Crippen molar-refractivity contribution in [3.8, 4) is 0 Å². The Morgan fingerprint density at radius 2 is 2.13 bits per heavy atom. The monoisotopic (exact) mass is 318 g/mol. The maximum absolute atomic E-state index is 11.2. The number of aliphatic hydroxyl groups excluding tert-OH is 1. The van der Waals surface area contributed by atoms with Crippen molar-refractivity contribution in [2.45, 2.75) is 59.2 Å². The molecule has 3 heteroatoms. The fraction of sp³-hybridized carbons (Fsp3) is 0.750. The Kier molecular flexibility index (Phi) is 3.99. The standard InChI is InChI=1S/C20H30O3/c1-6-12(2)15-7-9-20-17(13(3)11-14(4)18(20)22)19(15,5)16(23-20)8-10-21/h7-10,12-15,17-18,22H,6,11H2,1-5H3. The van der Waals surface area contributed by atoms with E-state index in [2.05, 4.69) is 46.8 Å². The number of aldehydes is 1. The Hall–Kier alpha value is -1.09. The molecule has 0 aromatic carbocycles. The second-order valence-electron chi connectivity index (χ2n) is 8.29. The van der Waals surface area contributed by atoms with Crippen LogP contribution in [0, 0.1) is 35.0 Å². The summed E-state index contributed by atoms with van der Waals surface area (Å²) < 4.78 is 6.39. The van der Waals surface area contributed by atoms with Crippen molar-refractivity contribution in [1.29, 1.82) is 0 Å². The van der Waals surface area contributed by atoms with Crippen molar-refractivity contribution in [1.82, 2.24) is 0 Å². The van der Waals surface area contributed by atoms with E-state index in [1.807, 2.05) is 0 Å². The van der Waals surface area contributed by atoms with E-state index in [0.29, 0.717) is 17.8 Å². The number of ether oxygens (including phenoxy) is 1. The zero-order valence-corrected chi connectivity index (χ0v) is 15.0. The third kappa shape index (κ3) is 2.02. The van der Waals surface area contributed by atoms with Crippen molar-refractivity contribution >= 4 is 6.29 Å². The normalized spacial score (nSPS) is 51.2. The van der Waals surface area contributed by atoms with E-state index in [0.717, 1.165) is 24.9 Å². The predicted molar refractivity (Wildman–Crippen MR) is 90.6 cm³/mol. The Balaban J connectivity index is 2.20. The molecule has 8 atom stereocenters. The number of rotatable bonds is 3. The number of aliphatic hydroxyl groups is 1. The molecule has 23 heavy (non-hydrogen) atoms. The second-order valence-corrected chi connectivity index (χ2v) is 8.29. The maximum atomic E-state index is 11.2. The van der Waals surface area contributed by atoms with Gasteiger partial charge in [0.15, 0.2) is 5.60 Å². The second kappa shape index (κ2) is 5.47. The van der Waals surface area contributed by atoms with Crippen LogP contribution in [0.2, 0.25) is 0 Å². The van der Waals surface area contributed by atoms with Crippen LogP contribution in [0.3, 0.4) is 0 Å². The fourth-order valence-corrected chi connectivity index (χ4v) is 5.93. The first-order valence-corrected chi connectivity index (χ1v) is 9.05. The van der Waals surface area contributed by atoms with Crippen LogP contribution in [-0.4, -0.2) is 23.1 Å². The number of carbonyl (C=O) groups is 1. The lowest BCUT2D eigenvalue weighted by molar-refractivity contribution is -0.136. The van der Waals surface area contributed by atoms with Crippen LogP contribution in [0.25, 0.3) is 0 Å². The molecule has 1 N–H and O–H groups in total. The van der Waals surface area contributed by atoms with E-state index in [4.69, 9.17) is 4.74 Å². The molecule has 3 nitrogen and oxygen atoms in total. The molecular formula is C20H30O3. The van der Waals surface area contributed by atoms with Gasteiger partial charge in [-0.25, -0.2) is 0 Å². The molecule has 8 unspecified atom stereocenters. The van der Waals surface area contributed by atoms with Crippen LogP contribution in [0.5, 0.6) is 0 Å². The molecule has 2 bridgehead atoms. The summed E-state index contributed by atoms with van der Waals surface area (Å²) in [5.74, 6) is 2.49. The topological polar surface area (TPSA) is 46.5 Å². The molecule has 1 aliphatic heterocycles. The number of carbonyl (C=O) groups excluding carboxylic acids is 1. The lowest BCUT2D eigenvalue weighted by Gasteiger charge is -2.53. The van der Waals surface area contributed by atoms with E-state index in [1.54, 1.807) is 6.08 Å². The van der Waals surface area contributed by atoms with Crippen LogP contribution >= 0.6 is 0 Å². The highest BCUT2D eigenvalue weighted by Gasteiger charge is 2.69. The third-order valence-electron chi connectivity index (χ3n) is 7.00. The zero-order valence-electron chi connectivity index (χ0n) is 15.0. The maximum Gasteiger partial charge on any atom is 0.157 e. The van der Waals surface area contributed by atoms with Gasteiger partial charge in [-0.3, -0.25) is 4.79 Å². The summed E-state index contributed by atoms with van der Waals surface area (Å²) >= 11 is 0. The highest BCUT2D eigenvalue weighted by molar-refractivity contribution is 5.66. The van der Waals surface area contributed by atoms with Crippen LogP contribution < -0.4 is 0 Å². The summed E-state index contributed by atoms with van der Waals surface area (Å²) in [6.45, 7) is 11.1. The highest BCUT2D eigenvalue weighted by atomic mass is 16.5. The molecule has 0 aromatic heterocycles. The van der Waals surface area contributed by atoms with Gasteiger partial charge in [-0.05, 0) is 36.2 Å². The van der Waals surface area contributed by atoms with Crippen molar-refractivity contribution in [3.63, 3.8) is 0 Å². The van der Waals surface area contributed by atoms with Gasteiger partial charge < -0.3 is 9.84 Å². The average Bonchev–Trinajstić information content (AvgIpc) is 2.69. The number of hydrogen-bond donors (Lipinski definition) is 1. The van der Waals surface area contributed by atoms with Crippen LogP contribution in [0.15, 0.2) is 24.0 Å². The summed E-state index contributed by atoms with van der Waals surface area (Å²) in [6.07, 6.45) is 8.37. The lowest BCUT2D eigenvalue weighted by Crippen LogP contribution is -2.60. The van der Waals surface area contributed by atoms with Gasteiger partial charge >= 0.3 is 0 Å². The quantitative estimate of drug-likeness (QED) is 0.490. The lowest BCUT2D eigenvalue weighted by atomic mass is 9.49. The minimum absolute atomic E-state index is 0.200. The molecule has 2 aliphatic carbocycles. The van der Waals surface area contributed by atoms with Gasteiger partial charge in [0.25, 0.3) is 0 Å². The molecule has 2 fully saturated rings. The first-order chi connectivity index (χ1) is 10.8. The molecule has 3 rings (SSSR count). The van der Waals surface area contributed by atoms with Gasteiger partial charge in [0.05, 0.1) is 0 Å². The molecule has 0 aromatic rings. The summed E-state index contributed by atoms with van der Waals surface area (Å²) in [4.78, 5) is 11.2. The summed E-state index contributed by atoms with van der Waals surface area (Å²) in [6, 6.07) is 0. The van der Waals surface area contributed by atoms with Crippen molar-refractivity contribution < 1.29 is 14.6 Å². The fourth-order valence-electron chi connectivity index (χ4n) is 5.93. The average molecular weight is 318 g/mol. The summed E-state index contributed by atoms with van der Waals surface area (Å²) in [7, 11) is 0. The molecule has 0 radical (unpaired) electrons. The van der Waals surface area contributed by atoms with Crippen LogP contribution in [0.4, 0.5) is 0 Å². The smallest absolute Gasteiger partial charge is 0.157 e. The molecule has 1 saturated carbocycles. The van der Waals surface area contributed by atoms with Crippen LogP contribution in [0.1, 0.15) is 47.5 Å². The predicted octanol–water partition coefficient (Wildman–Crippen LogP) is 3.73. The minimum atomic E-state index is -0.662. The van der Waals surface area contributed by atoms with Gasteiger partial charge in [-0.15, -0.1) is 0 Å². The highest BCUT2D eigenvalue weighted by Crippen LogP contribution is 2.67. The Labute approximate surface area is 139 Å². The number of hydrogen-bond acceptors (Lipinski definition) is 3. The van der Waals surface area contributed by atoms with E-state index in [1.165, 1.54) is 0 Å². The van der Waals surface area contributed by atoms with Gasteiger partial charge in [-0.2, -0.15) is 0 Å². The minimum Gasteiger partial charge on any atom is -0.484 e. The van der Waals surface area contributed by atoms with E-state index < -0.39 is 11.7 Å². The molecular weight excluding hydrogens is 288 g/mol.